The van der Waals surface area contributed by atoms with Crippen molar-refractivity contribution >= 4 is 17.8 Å². The molecule has 1 unspecified atom stereocenters. The molecule has 1 aliphatic carbocycles. The number of rotatable bonds is 2. The van der Waals surface area contributed by atoms with E-state index in [0.717, 1.165) is 25.7 Å². The molecule has 2 aliphatic rings. The molecule has 6 heteroatoms. The van der Waals surface area contributed by atoms with Crippen LogP contribution in [-0.4, -0.2) is 46.9 Å². The highest BCUT2D eigenvalue weighted by Gasteiger charge is 2.38. The first-order chi connectivity index (χ1) is 8.09. The SMILES string of the molecule is O=C1CN(C(=O)C2CCCC2)C(C(=O)O)CN1. The van der Waals surface area contributed by atoms with Gasteiger partial charge in [-0.15, -0.1) is 0 Å². The Hall–Kier alpha value is -1.59. The Kier molecular flexibility index (Phi) is 3.31. The smallest absolute Gasteiger partial charge is 0.328 e. The summed E-state index contributed by atoms with van der Waals surface area (Å²) in [6.07, 6.45) is 3.63. The summed E-state index contributed by atoms with van der Waals surface area (Å²) >= 11 is 0. The number of amides is 2. The number of nitrogens with one attached hydrogen (secondary N) is 1. The van der Waals surface area contributed by atoms with Gasteiger partial charge in [0.05, 0.1) is 0 Å². The van der Waals surface area contributed by atoms with Gasteiger partial charge in [-0.05, 0) is 12.8 Å². The van der Waals surface area contributed by atoms with Crippen molar-refractivity contribution in [1.29, 1.82) is 0 Å². The number of hydrogen-bond donors (Lipinski definition) is 2. The largest absolute Gasteiger partial charge is 0.480 e. The Morgan fingerprint density at radius 3 is 2.53 bits per heavy atom. The first kappa shape index (κ1) is 11.9. The molecule has 0 aromatic heterocycles. The number of hydrogen-bond acceptors (Lipinski definition) is 3. The molecule has 17 heavy (non-hydrogen) atoms. The topological polar surface area (TPSA) is 86.7 Å². The first-order valence-corrected chi connectivity index (χ1v) is 5.89. The van der Waals surface area contributed by atoms with Crippen molar-refractivity contribution in [3.05, 3.63) is 0 Å². The summed E-state index contributed by atoms with van der Waals surface area (Å²) in [5.74, 6) is -1.61. The van der Waals surface area contributed by atoms with Gasteiger partial charge in [0.2, 0.25) is 11.8 Å². The molecule has 1 heterocycles. The molecule has 0 aromatic carbocycles. The van der Waals surface area contributed by atoms with Gasteiger partial charge in [0.15, 0.2) is 0 Å². The van der Waals surface area contributed by atoms with Gasteiger partial charge in [0, 0.05) is 12.5 Å². The van der Waals surface area contributed by atoms with Crippen LogP contribution in [0.1, 0.15) is 25.7 Å². The van der Waals surface area contributed by atoms with E-state index >= 15 is 0 Å². The minimum Gasteiger partial charge on any atom is -0.480 e. The fourth-order valence-corrected chi connectivity index (χ4v) is 2.50. The van der Waals surface area contributed by atoms with E-state index in [1.54, 1.807) is 0 Å². The maximum Gasteiger partial charge on any atom is 0.328 e. The van der Waals surface area contributed by atoms with E-state index in [9.17, 15) is 14.4 Å². The van der Waals surface area contributed by atoms with Gasteiger partial charge in [0.25, 0.3) is 0 Å². The zero-order valence-corrected chi connectivity index (χ0v) is 9.52. The van der Waals surface area contributed by atoms with Crippen LogP contribution >= 0.6 is 0 Å². The van der Waals surface area contributed by atoms with Gasteiger partial charge in [-0.2, -0.15) is 0 Å². The zero-order chi connectivity index (χ0) is 12.4. The van der Waals surface area contributed by atoms with Gasteiger partial charge in [-0.1, -0.05) is 12.8 Å². The molecule has 0 aromatic rings. The summed E-state index contributed by atoms with van der Waals surface area (Å²) in [7, 11) is 0. The van der Waals surface area contributed by atoms with Crippen molar-refractivity contribution in [3.63, 3.8) is 0 Å². The number of carbonyl (C=O) groups excluding carboxylic acids is 2. The van der Waals surface area contributed by atoms with Crippen LogP contribution in [0.25, 0.3) is 0 Å². The Bertz CT molecular complexity index is 349. The molecule has 0 bridgehead atoms. The third-order valence-electron chi connectivity index (χ3n) is 3.46. The average Bonchev–Trinajstić information content (AvgIpc) is 2.80. The van der Waals surface area contributed by atoms with E-state index in [4.69, 9.17) is 5.11 Å². The average molecular weight is 240 g/mol. The van der Waals surface area contributed by atoms with E-state index in [1.165, 1.54) is 4.90 Å². The number of carboxylic acids is 1. The molecule has 1 saturated carbocycles. The van der Waals surface area contributed by atoms with E-state index in [0.29, 0.717) is 0 Å². The van der Waals surface area contributed by atoms with Crippen LogP contribution in [0.2, 0.25) is 0 Å². The van der Waals surface area contributed by atoms with E-state index in [1.807, 2.05) is 0 Å². The highest BCUT2D eigenvalue weighted by atomic mass is 16.4. The van der Waals surface area contributed by atoms with Crippen LogP contribution in [0.15, 0.2) is 0 Å². The van der Waals surface area contributed by atoms with Crippen molar-refractivity contribution in [2.24, 2.45) is 5.92 Å². The summed E-state index contributed by atoms with van der Waals surface area (Å²) in [6, 6.07) is -0.916. The fourth-order valence-electron chi connectivity index (χ4n) is 2.50. The summed E-state index contributed by atoms with van der Waals surface area (Å²) in [5, 5.41) is 11.5. The molecule has 6 nitrogen and oxygen atoms in total. The molecule has 2 rings (SSSR count). The number of aliphatic carboxylic acids is 1. The summed E-state index contributed by atoms with van der Waals surface area (Å²) in [6.45, 7) is -0.126. The van der Waals surface area contributed by atoms with Crippen molar-refractivity contribution in [2.75, 3.05) is 13.1 Å². The first-order valence-electron chi connectivity index (χ1n) is 5.89. The zero-order valence-electron chi connectivity index (χ0n) is 9.52. The Morgan fingerprint density at radius 1 is 1.29 bits per heavy atom. The van der Waals surface area contributed by atoms with Crippen LogP contribution in [-0.2, 0) is 14.4 Å². The van der Waals surface area contributed by atoms with Crippen molar-refractivity contribution < 1.29 is 19.5 Å². The molecule has 1 saturated heterocycles. The second kappa shape index (κ2) is 4.73. The maximum absolute atomic E-state index is 12.1. The maximum atomic E-state index is 12.1. The molecule has 94 valence electrons. The van der Waals surface area contributed by atoms with Crippen molar-refractivity contribution in [1.82, 2.24) is 10.2 Å². The molecule has 1 aliphatic heterocycles. The lowest BCUT2D eigenvalue weighted by Gasteiger charge is -2.34. The third-order valence-corrected chi connectivity index (χ3v) is 3.46. The molecule has 1 atom stereocenters. The Morgan fingerprint density at radius 2 is 1.94 bits per heavy atom. The van der Waals surface area contributed by atoms with Crippen LogP contribution in [0.3, 0.4) is 0 Å². The van der Waals surface area contributed by atoms with E-state index < -0.39 is 12.0 Å². The standard InChI is InChI=1S/C11H16N2O4/c14-9-6-13(8(5-12-9)11(16)17)10(15)7-3-1-2-4-7/h7-8H,1-6H2,(H,12,14)(H,16,17). The number of carboxylic acid groups (broad SMARTS) is 1. The van der Waals surface area contributed by atoms with E-state index in [-0.39, 0.29) is 30.8 Å². The lowest BCUT2D eigenvalue weighted by atomic mass is 10.0. The summed E-state index contributed by atoms with van der Waals surface area (Å²) in [4.78, 5) is 35.7. The number of carbonyl (C=O) groups is 3. The second-order valence-electron chi connectivity index (χ2n) is 4.61. The lowest BCUT2D eigenvalue weighted by Crippen LogP contribution is -2.60. The van der Waals surface area contributed by atoms with Crippen molar-refractivity contribution in [3.8, 4) is 0 Å². The predicted octanol–water partition coefficient (Wildman–Crippen LogP) is -0.412. The van der Waals surface area contributed by atoms with E-state index in [2.05, 4.69) is 5.32 Å². The Balaban J connectivity index is 2.10. The second-order valence-corrected chi connectivity index (χ2v) is 4.61. The number of nitrogens with zero attached hydrogens (tertiary/aromatic N) is 1. The molecular formula is C11H16N2O4. The highest BCUT2D eigenvalue weighted by molar-refractivity contribution is 5.92. The molecule has 2 amide bonds. The molecule has 0 spiro atoms. The highest BCUT2D eigenvalue weighted by Crippen LogP contribution is 2.27. The van der Waals surface area contributed by atoms with Gasteiger partial charge < -0.3 is 15.3 Å². The third kappa shape index (κ3) is 2.40. The molecule has 2 N–H and O–H groups in total. The van der Waals surface area contributed by atoms with Crippen LogP contribution in [0.5, 0.6) is 0 Å². The molecular weight excluding hydrogens is 224 g/mol. The van der Waals surface area contributed by atoms with Gasteiger partial charge in [0.1, 0.15) is 12.6 Å². The monoisotopic (exact) mass is 240 g/mol. The predicted molar refractivity (Wildman–Crippen MR) is 58.1 cm³/mol. The summed E-state index contributed by atoms with van der Waals surface area (Å²) in [5.41, 5.74) is 0. The van der Waals surface area contributed by atoms with Crippen molar-refractivity contribution in [2.45, 2.75) is 31.7 Å². The number of piperazine rings is 1. The quantitative estimate of drug-likeness (QED) is 0.687. The van der Waals surface area contributed by atoms with Gasteiger partial charge >= 0.3 is 5.97 Å². The Labute approximate surface area is 99.0 Å². The summed E-state index contributed by atoms with van der Waals surface area (Å²) < 4.78 is 0. The van der Waals surface area contributed by atoms with Crippen LogP contribution < -0.4 is 5.32 Å². The van der Waals surface area contributed by atoms with Crippen LogP contribution in [0.4, 0.5) is 0 Å². The minimum atomic E-state index is -1.06. The minimum absolute atomic E-state index is 0.00657. The molecule has 0 radical (unpaired) electrons. The van der Waals surface area contributed by atoms with Crippen LogP contribution in [0, 0.1) is 5.92 Å². The van der Waals surface area contributed by atoms with Gasteiger partial charge in [-0.3, -0.25) is 9.59 Å². The lowest BCUT2D eigenvalue weighted by molar-refractivity contribution is -0.155. The van der Waals surface area contributed by atoms with Gasteiger partial charge in [-0.25, -0.2) is 4.79 Å². The normalized spacial score (nSPS) is 25.8. The fraction of sp³-hybridized carbons (Fsp3) is 0.727. The molecule has 2 fully saturated rings.